The molecule has 0 saturated heterocycles. The fourth-order valence-corrected chi connectivity index (χ4v) is 2.30. The summed E-state index contributed by atoms with van der Waals surface area (Å²) in [7, 11) is 0. The van der Waals surface area contributed by atoms with Crippen molar-refractivity contribution in [2.24, 2.45) is 5.92 Å². The predicted octanol–water partition coefficient (Wildman–Crippen LogP) is 2.99. The average Bonchev–Trinajstić information content (AvgIpc) is 2.74. The molecule has 1 aromatic heterocycles. The molecule has 4 nitrogen and oxygen atoms in total. The summed E-state index contributed by atoms with van der Waals surface area (Å²) in [4.78, 5) is 16.3. The highest BCUT2D eigenvalue weighted by Crippen LogP contribution is 2.21. The first kappa shape index (κ1) is 15.8. The molecule has 0 saturated carbocycles. The summed E-state index contributed by atoms with van der Waals surface area (Å²) in [6, 6.07) is 3.08. The highest BCUT2D eigenvalue weighted by Gasteiger charge is 2.15. The Balaban J connectivity index is 2.33. The number of amides is 1. The van der Waals surface area contributed by atoms with Crippen LogP contribution >= 0.6 is 11.6 Å². The summed E-state index contributed by atoms with van der Waals surface area (Å²) in [6.07, 6.45) is 0. The average molecular weight is 312 g/mol. The molecule has 21 heavy (non-hydrogen) atoms. The van der Waals surface area contributed by atoms with E-state index in [4.69, 9.17) is 11.6 Å². The lowest BCUT2D eigenvalue weighted by Crippen LogP contribution is -2.31. The Morgan fingerprint density at radius 3 is 2.81 bits per heavy atom. The Labute approximate surface area is 128 Å². The van der Waals surface area contributed by atoms with Crippen LogP contribution in [-0.4, -0.2) is 22.0 Å². The van der Waals surface area contributed by atoms with Crippen molar-refractivity contribution in [2.45, 2.75) is 33.2 Å². The first-order chi connectivity index (χ1) is 9.92. The number of hydrogen-bond acceptors (Lipinski definition) is 2. The second kappa shape index (κ2) is 6.43. The molecule has 0 unspecified atom stereocenters. The summed E-state index contributed by atoms with van der Waals surface area (Å²) in [6.45, 7) is 6.50. The number of aromatic nitrogens is 2. The van der Waals surface area contributed by atoms with E-state index in [0.717, 1.165) is 5.52 Å². The normalized spacial score (nSPS) is 11.3. The summed E-state index contributed by atoms with van der Waals surface area (Å²) >= 11 is 5.89. The monoisotopic (exact) mass is 311 g/mol. The molecule has 6 heteroatoms. The molecule has 0 spiro atoms. The fraction of sp³-hybridized carbons (Fsp3) is 0.467. The molecule has 2 aromatic rings. The van der Waals surface area contributed by atoms with Gasteiger partial charge in [0.15, 0.2) is 0 Å². The van der Waals surface area contributed by atoms with E-state index in [0.29, 0.717) is 29.4 Å². The number of benzene rings is 1. The lowest BCUT2D eigenvalue weighted by atomic mass is 10.2. The van der Waals surface area contributed by atoms with Crippen molar-refractivity contribution in [1.82, 2.24) is 14.9 Å². The van der Waals surface area contributed by atoms with Crippen LogP contribution in [0, 0.1) is 18.7 Å². The summed E-state index contributed by atoms with van der Waals surface area (Å²) in [5.74, 6) is 0.717. The number of fused-ring (bicyclic) bond motifs is 1. The molecule has 1 N–H and O–H groups in total. The highest BCUT2D eigenvalue weighted by atomic mass is 35.5. The number of rotatable bonds is 5. The summed E-state index contributed by atoms with van der Waals surface area (Å²) in [5, 5.41) is 2.86. The molecule has 0 fully saturated rings. The van der Waals surface area contributed by atoms with Crippen molar-refractivity contribution in [1.29, 1.82) is 0 Å². The maximum Gasteiger partial charge on any atom is 0.240 e. The minimum absolute atomic E-state index is 0.101. The van der Waals surface area contributed by atoms with E-state index in [-0.39, 0.29) is 24.1 Å². The minimum Gasteiger partial charge on any atom is -0.354 e. The van der Waals surface area contributed by atoms with Crippen LogP contribution in [0.1, 0.15) is 25.2 Å². The lowest BCUT2D eigenvalue weighted by Gasteiger charge is -2.10. The van der Waals surface area contributed by atoms with Gasteiger partial charge in [-0.25, -0.2) is 9.37 Å². The molecule has 0 aliphatic rings. The third kappa shape index (κ3) is 3.53. The molecule has 0 radical (unpaired) electrons. The molecular formula is C15H19ClFN3O. The van der Waals surface area contributed by atoms with Gasteiger partial charge < -0.3 is 9.88 Å². The maximum absolute atomic E-state index is 13.6. The number of aryl methyl sites for hydroxylation is 1. The Kier molecular flexibility index (Phi) is 4.83. The highest BCUT2D eigenvalue weighted by molar-refractivity contribution is 6.16. The maximum atomic E-state index is 13.6. The first-order valence-electron chi connectivity index (χ1n) is 6.90. The fourth-order valence-electron chi connectivity index (χ4n) is 2.10. The van der Waals surface area contributed by atoms with Crippen molar-refractivity contribution in [3.8, 4) is 0 Å². The van der Waals surface area contributed by atoms with Crippen molar-refractivity contribution >= 4 is 28.5 Å². The van der Waals surface area contributed by atoms with Gasteiger partial charge in [-0.2, -0.15) is 0 Å². The van der Waals surface area contributed by atoms with Gasteiger partial charge in [-0.05, 0) is 24.5 Å². The molecular weight excluding hydrogens is 293 g/mol. The van der Waals surface area contributed by atoms with Gasteiger partial charge >= 0.3 is 0 Å². The van der Waals surface area contributed by atoms with Crippen LogP contribution in [0.3, 0.4) is 0 Å². The second-order valence-electron chi connectivity index (χ2n) is 5.54. The van der Waals surface area contributed by atoms with Gasteiger partial charge in [0.2, 0.25) is 5.91 Å². The second-order valence-corrected chi connectivity index (χ2v) is 5.80. The van der Waals surface area contributed by atoms with Crippen LogP contribution < -0.4 is 5.32 Å². The van der Waals surface area contributed by atoms with E-state index in [2.05, 4.69) is 10.3 Å². The quantitative estimate of drug-likeness (QED) is 0.863. The van der Waals surface area contributed by atoms with Crippen molar-refractivity contribution in [3.63, 3.8) is 0 Å². The number of carbonyl (C=O) groups excluding carboxylic acids is 1. The zero-order valence-electron chi connectivity index (χ0n) is 12.4. The molecule has 1 amide bonds. The number of halogens is 2. The van der Waals surface area contributed by atoms with Crippen LogP contribution in [0.2, 0.25) is 0 Å². The van der Waals surface area contributed by atoms with Gasteiger partial charge in [0.1, 0.15) is 18.2 Å². The molecule has 0 atom stereocenters. The van der Waals surface area contributed by atoms with Gasteiger partial charge in [-0.15, -0.1) is 11.6 Å². The zero-order chi connectivity index (χ0) is 15.6. The largest absolute Gasteiger partial charge is 0.354 e. The van der Waals surface area contributed by atoms with Gasteiger partial charge in [-0.1, -0.05) is 13.8 Å². The number of nitrogens with zero attached hydrogens (tertiary/aromatic N) is 2. The first-order valence-corrected chi connectivity index (χ1v) is 7.43. The van der Waals surface area contributed by atoms with E-state index in [1.807, 2.05) is 13.8 Å². The number of alkyl halides is 1. The van der Waals surface area contributed by atoms with E-state index >= 15 is 0 Å². The predicted molar refractivity (Wildman–Crippen MR) is 81.8 cm³/mol. The van der Waals surface area contributed by atoms with E-state index in [9.17, 15) is 9.18 Å². The van der Waals surface area contributed by atoms with E-state index in [1.54, 1.807) is 17.6 Å². The van der Waals surface area contributed by atoms with Crippen molar-refractivity contribution in [2.75, 3.05) is 6.54 Å². The molecule has 0 bridgehead atoms. The lowest BCUT2D eigenvalue weighted by molar-refractivity contribution is -0.121. The Hall–Kier alpha value is -1.62. The Bertz CT molecular complexity index is 666. The Morgan fingerprint density at radius 2 is 2.19 bits per heavy atom. The van der Waals surface area contributed by atoms with E-state index < -0.39 is 0 Å². The standard InChI is InChI=1S/C15H19ClFN3O/c1-9(2)7-18-15(21)8-20-13-4-10(3)11(17)5-12(13)19-14(20)6-16/h4-5,9H,6-8H2,1-3H3,(H,18,21). The van der Waals surface area contributed by atoms with Crippen molar-refractivity contribution < 1.29 is 9.18 Å². The molecule has 114 valence electrons. The van der Waals surface area contributed by atoms with Gasteiger partial charge in [0, 0.05) is 12.6 Å². The Morgan fingerprint density at radius 1 is 1.48 bits per heavy atom. The number of carbonyl (C=O) groups is 1. The topological polar surface area (TPSA) is 46.9 Å². The minimum atomic E-state index is -0.308. The third-order valence-electron chi connectivity index (χ3n) is 3.24. The van der Waals surface area contributed by atoms with Crippen LogP contribution in [0.5, 0.6) is 0 Å². The third-order valence-corrected chi connectivity index (χ3v) is 3.48. The van der Waals surface area contributed by atoms with Crippen molar-refractivity contribution in [3.05, 3.63) is 29.3 Å². The van der Waals surface area contributed by atoms with Gasteiger partial charge in [-0.3, -0.25) is 4.79 Å². The summed E-state index contributed by atoms with van der Waals surface area (Å²) in [5.41, 5.74) is 1.77. The molecule has 1 aromatic carbocycles. The van der Waals surface area contributed by atoms with E-state index in [1.165, 1.54) is 6.07 Å². The van der Waals surface area contributed by atoms with Crippen LogP contribution in [0.15, 0.2) is 12.1 Å². The number of hydrogen-bond donors (Lipinski definition) is 1. The van der Waals surface area contributed by atoms with Crippen LogP contribution in [-0.2, 0) is 17.2 Å². The van der Waals surface area contributed by atoms with Crippen LogP contribution in [0.25, 0.3) is 11.0 Å². The SMILES string of the molecule is Cc1cc2c(cc1F)nc(CCl)n2CC(=O)NCC(C)C. The number of imidazole rings is 1. The smallest absolute Gasteiger partial charge is 0.240 e. The van der Waals surface area contributed by atoms with Gasteiger partial charge in [0.25, 0.3) is 0 Å². The number of nitrogens with one attached hydrogen (secondary N) is 1. The molecule has 0 aliphatic carbocycles. The summed E-state index contributed by atoms with van der Waals surface area (Å²) < 4.78 is 15.3. The molecule has 1 heterocycles. The zero-order valence-corrected chi connectivity index (χ0v) is 13.2. The van der Waals surface area contributed by atoms with Gasteiger partial charge in [0.05, 0.1) is 16.9 Å². The van der Waals surface area contributed by atoms with Crippen LogP contribution in [0.4, 0.5) is 4.39 Å². The molecule has 2 rings (SSSR count). The molecule has 0 aliphatic heterocycles.